The molecule has 0 aliphatic rings. The zero-order valence-electron chi connectivity index (χ0n) is 8.85. The molecular formula is C11H12ClNO2. The quantitative estimate of drug-likeness (QED) is 0.620. The molecule has 0 atom stereocenters. The second-order valence-electron chi connectivity index (χ2n) is 3.50. The molecule has 0 fully saturated rings. The van der Waals surface area contributed by atoms with E-state index in [1.54, 1.807) is 0 Å². The Hall–Kier alpha value is -1.35. The molecule has 4 heteroatoms. The van der Waals surface area contributed by atoms with Crippen molar-refractivity contribution in [2.75, 3.05) is 5.32 Å². The number of hydrogen-bond acceptors (Lipinski definition) is 2. The van der Waals surface area contributed by atoms with Gasteiger partial charge in [0.15, 0.2) is 0 Å². The van der Waals surface area contributed by atoms with Gasteiger partial charge in [0.1, 0.15) is 0 Å². The van der Waals surface area contributed by atoms with Gasteiger partial charge < -0.3 is 5.32 Å². The number of rotatable bonds is 2. The van der Waals surface area contributed by atoms with Gasteiger partial charge in [-0.05, 0) is 43.5 Å². The summed E-state index contributed by atoms with van der Waals surface area (Å²) in [5.74, 6) is -0.799. The number of hydrogen-bond donors (Lipinski definition) is 1. The van der Waals surface area contributed by atoms with Gasteiger partial charge in [-0.1, -0.05) is 17.7 Å². The van der Waals surface area contributed by atoms with Crippen molar-refractivity contribution in [1.29, 1.82) is 0 Å². The van der Waals surface area contributed by atoms with E-state index >= 15 is 0 Å². The van der Waals surface area contributed by atoms with Crippen LogP contribution >= 0.6 is 11.6 Å². The van der Waals surface area contributed by atoms with E-state index in [9.17, 15) is 9.59 Å². The molecule has 0 bridgehead atoms. The Bertz CT molecular complexity index is 404. The first-order chi connectivity index (χ1) is 6.91. The predicted molar refractivity (Wildman–Crippen MR) is 60.1 cm³/mol. The van der Waals surface area contributed by atoms with Crippen LogP contribution < -0.4 is 5.32 Å². The molecule has 1 rings (SSSR count). The summed E-state index contributed by atoms with van der Waals surface area (Å²) in [6.07, 6.45) is 0. The monoisotopic (exact) mass is 225 g/mol. The zero-order valence-corrected chi connectivity index (χ0v) is 9.61. The SMILES string of the molecule is Cc1cc(C)c(NC(=O)C(=O)Cl)c(C)c1. The van der Waals surface area contributed by atoms with Crippen molar-refractivity contribution in [1.82, 2.24) is 0 Å². The van der Waals surface area contributed by atoms with Gasteiger partial charge in [0.05, 0.1) is 0 Å². The lowest BCUT2D eigenvalue weighted by molar-refractivity contribution is -0.130. The van der Waals surface area contributed by atoms with Crippen LogP contribution in [0.5, 0.6) is 0 Å². The van der Waals surface area contributed by atoms with Crippen molar-refractivity contribution in [2.24, 2.45) is 0 Å². The normalized spacial score (nSPS) is 9.87. The largest absolute Gasteiger partial charge is 0.318 e. The van der Waals surface area contributed by atoms with Crippen LogP contribution in [0.3, 0.4) is 0 Å². The molecule has 0 saturated heterocycles. The molecule has 1 amide bonds. The lowest BCUT2D eigenvalue weighted by Crippen LogP contribution is -2.19. The van der Waals surface area contributed by atoms with E-state index in [1.165, 1.54) is 0 Å². The van der Waals surface area contributed by atoms with Gasteiger partial charge in [-0.2, -0.15) is 0 Å². The molecular weight excluding hydrogens is 214 g/mol. The van der Waals surface area contributed by atoms with Crippen molar-refractivity contribution in [2.45, 2.75) is 20.8 Å². The zero-order chi connectivity index (χ0) is 11.6. The summed E-state index contributed by atoms with van der Waals surface area (Å²) in [4.78, 5) is 21.7. The molecule has 0 saturated carbocycles. The van der Waals surface area contributed by atoms with E-state index in [0.29, 0.717) is 5.69 Å². The maximum Gasteiger partial charge on any atom is 0.310 e. The van der Waals surface area contributed by atoms with Crippen LogP contribution in [0.4, 0.5) is 5.69 Å². The lowest BCUT2D eigenvalue weighted by atomic mass is 10.1. The summed E-state index contributed by atoms with van der Waals surface area (Å²) in [7, 11) is 0. The van der Waals surface area contributed by atoms with E-state index in [-0.39, 0.29) is 0 Å². The van der Waals surface area contributed by atoms with Crippen molar-refractivity contribution >= 4 is 28.4 Å². The van der Waals surface area contributed by atoms with Crippen molar-refractivity contribution in [3.8, 4) is 0 Å². The lowest BCUT2D eigenvalue weighted by Gasteiger charge is -2.11. The molecule has 0 aliphatic heterocycles. The van der Waals surface area contributed by atoms with Crippen molar-refractivity contribution in [3.05, 3.63) is 28.8 Å². The Morgan fingerprint density at radius 3 is 2.00 bits per heavy atom. The van der Waals surface area contributed by atoms with Crippen LogP contribution in [0.1, 0.15) is 16.7 Å². The molecule has 0 aromatic heterocycles. The summed E-state index contributed by atoms with van der Waals surface area (Å²) in [6.45, 7) is 5.71. The number of aryl methyl sites for hydroxylation is 3. The fraction of sp³-hybridized carbons (Fsp3) is 0.273. The molecule has 3 nitrogen and oxygen atoms in total. The van der Waals surface area contributed by atoms with Crippen LogP contribution in [-0.2, 0) is 9.59 Å². The Morgan fingerprint density at radius 2 is 1.60 bits per heavy atom. The van der Waals surface area contributed by atoms with Crippen LogP contribution in [0.25, 0.3) is 0 Å². The minimum Gasteiger partial charge on any atom is -0.318 e. The molecule has 80 valence electrons. The van der Waals surface area contributed by atoms with Gasteiger partial charge in [-0.3, -0.25) is 9.59 Å². The van der Waals surface area contributed by atoms with Gasteiger partial charge in [0, 0.05) is 5.69 Å². The minimum atomic E-state index is -1.01. The number of anilines is 1. The van der Waals surface area contributed by atoms with Crippen LogP contribution in [0, 0.1) is 20.8 Å². The Balaban J connectivity index is 3.05. The first kappa shape index (κ1) is 11.7. The van der Waals surface area contributed by atoms with E-state index < -0.39 is 11.1 Å². The smallest absolute Gasteiger partial charge is 0.310 e. The maximum atomic E-state index is 11.1. The van der Waals surface area contributed by atoms with Crippen molar-refractivity contribution in [3.63, 3.8) is 0 Å². The molecule has 15 heavy (non-hydrogen) atoms. The summed E-state index contributed by atoms with van der Waals surface area (Å²) < 4.78 is 0. The van der Waals surface area contributed by atoms with Gasteiger partial charge in [-0.25, -0.2) is 0 Å². The van der Waals surface area contributed by atoms with E-state index in [2.05, 4.69) is 5.32 Å². The van der Waals surface area contributed by atoms with Gasteiger partial charge in [0.2, 0.25) is 0 Å². The number of benzene rings is 1. The fourth-order valence-corrected chi connectivity index (χ4v) is 1.59. The Morgan fingerprint density at radius 1 is 1.13 bits per heavy atom. The standard InChI is InChI=1S/C11H12ClNO2/c1-6-4-7(2)9(8(3)5-6)13-11(15)10(12)14/h4-5H,1-3H3,(H,13,15). The van der Waals surface area contributed by atoms with Crippen LogP contribution in [0.2, 0.25) is 0 Å². The summed E-state index contributed by atoms with van der Waals surface area (Å²) in [5, 5.41) is 1.48. The first-order valence-corrected chi connectivity index (χ1v) is 4.88. The van der Waals surface area contributed by atoms with Gasteiger partial charge in [0.25, 0.3) is 0 Å². The number of halogens is 1. The predicted octanol–water partition coefficient (Wildman–Crippen LogP) is 2.32. The third kappa shape index (κ3) is 2.80. The topological polar surface area (TPSA) is 46.2 Å². The highest BCUT2D eigenvalue weighted by Crippen LogP contribution is 2.21. The second-order valence-corrected chi connectivity index (χ2v) is 3.84. The molecule has 1 aromatic rings. The van der Waals surface area contributed by atoms with Crippen LogP contribution in [0.15, 0.2) is 12.1 Å². The number of carbonyl (C=O) groups excluding carboxylic acids is 2. The molecule has 0 unspecified atom stereocenters. The summed E-state index contributed by atoms with van der Waals surface area (Å²) >= 11 is 5.06. The van der Waals surface area contributed by atoms with E-state index in [0.717, 1.165) is 16.7 Å². The summed E-state index contributed by atoms with van der Waals surface area (Å²) in [5.41, 5.74) is 3.59. The molecule has 1 aromatic carbocycles. The number of carbonyl (C=O) groups is 2. The molecule has 0 radical (unpaired) electrons. The minimum absolute atomic E-state index is 0.652. The summed E-state index contributed by atoms with van der Waals surface area (Å²) in [6, 6.07) is 3.86. The third-order valence-electron chi connectivity index (χ3n) is 2.09. The second kappa shape index (κ2) is 4.45. The average molecular weight is 226 g/mol. The molecule has 1 N–H and O–H groups in total. The van der Waals surface area contributed by atoms with Crippen molar-refractivity contribution < 1.29 is 9.59 Å². The third-order valence-corrected chi connectivity index (χ3v) is 2.27. The van der Waals surface area contributed by atoms with E-state index in [4.69, 9.17) is 11.6 Å². The van der Waals surface area contributed by atoms with Gasteiger partial charge >= 0.3 is 11.1 Å². The number of amides is 1. The highest BCUT2D eigenvalue weighted by atomic mass is 35.5. The Kier molecular flexibility index (Phi) is 3.48. The molecule has 0 spiro atoms. The molecule has 0 heterocycles. The van der Waals surface area contributed by atoms with Crippen LogP contribution in [-0.4, -0.2) is 11.1 Å². The van der Waals surface area contributed by atoms with E-state index in [1.807, 2.05) is 32.9 Å². The Labute approximate surface area is 93.4 Å². The fourth-order valence-electron chi connectivity index (χ4n) is 1.54. The first-order valence-electron chi connectivity index (χ1n) is 4.50. The van der Waals surface area contributed by atoms with Gasteiger partial charge in [-0.15, -0.1) is 0 Å². The molecule has 0 aliphatic carbocycles. The highest BCUT2D eigenvalue weighted by molar-refractivity contribution is 6.82. The highest BCUT2D eigenvalue weighted by Gasteiger charge is 2.13. The average Bonchev–Trinajstić information content (AvgIpc) is 2.10. The number of nitrogens with one attached hydrogen (secondary N) is 1. The maximum absolute atomic E-state index is 11.1.